The molecule has 32 heavy (non-hydrogen) atoms. The summed E-state index contributed by atoms with van der Waals surface area (Å²) in [7, 11) is -3.93. The van der Waals surface area contributed by atoms with Crippen LogP contribution >= 0.6 is 0 Å². The predicted molar refractivity (Wildman–Crippen MR) is 110 cm³/mol. The number of amides is 1. The fourth-order valence-corrected chi connectivity index (χ4v) is 4.85. The molecule has 0 aromatic heterocycles. The van der Waals surface area contributed by atoms with Crippen molar-refractivity contribution in [3.05, 3.63) is 53.8 Å². The average Bonchev–Trinajstić information content (AvgIpc) is 3.02. The second-order valence-electron chi connectivity index (χ2n) is 7.34. The number of carbonyl (C=O) groups is 1. The maximum Gasteiger partial charge on any atom is 0.422 e. The zero-order valence-corrected chi connectivity index (χ0v) is 17.8. The highest BCUT2D eigenvalue weighted by atomic mass is 32.2. The Morgan fingerprint density at radius 2 is 1.72 bits per heavy atom. The summed E-state index contributed by atoms with van der Waals surface area (Å²) in [5, 5.41) is 2.34. The molecule has 1 N–H and O–H groups in total. The van der Waals surface area contributed by atoms with Crippen molar-refractivity contribution in [3.8, 4) is 5.75 Å². The molecular weight excluding hydrogens is 452 g/mol. The van der Waals surface area contributed by atoms with Gasteiger partial charge in [0.05, 0.1) is 10.6 Å². The van der Waals surface area contributed by atoms with Crippen molar-refractivity contribution in [2.45, 2.75) is 36.8 Å². The number of halogens is 4. The fourth-order valence-electron chi connectivity index (χ4n) is 3.31. The molecular formula is C21H22F4N2O4S. The van der Waals surface area contributed by atoms with Crippen LogP contribution in [0.5, 0.6) is 5.75 Å². The molecule has 1 heterocycles. The first-order chi connectivity index (χ1) is 15.1. The van der Waals surface area contributed by atoms with Gasteiger partial charge in [-0.25, -0.2) is 12.8 Å². The number of alkyl halides is 3. The maximum atomic E-state index is 13.4. The van der Waals surface area contributed by atoms with E-state index in [4.69, 9.17) is 4.74 Å². The van der Waals surface area contributed by atoms with Gasteiger partial charge in [0.2, 0.25) is 10.0 Å². The monoisotopic (exact) mass is 474 g/mol. The summed E-state index contributed by atoms with van der Waals surface area (Å²) in [4.78, 5) is 12.3. The van der Waals surface area contributed by atoms with Gasteiger partial charge in [-0.15, -0.1) is 0 Å². The summed E-state index contributed by atoms with van der Waals surface area (Å²) in [5.74, 6) is -1.86. The van der Waals surface area contributed by atoms with Crippen LogP contribution in [-0.2, 0) is 10.0 Å². The number of nitrogens with one attached hydrogen (secondary N) is 1. The van der Waals surface area contributed by atoms with Gasteiger partial charge in [0, 0.05) is 18.7 Å². The lowest BCUT2D eigenvalue weighted by Crippen LogP contribution is -2.32. The zero-order valence-electron chi connectivity index (χ0n) is 17.0. The Labute approximate surface area is 183 Å². The molecule has 2 aromatic carbocycles. The van der Waals surface area contributed by atoms with Gasteiger partial charge >= 0.3 is 6.18 Å². The molecule has 0 spiro atoms. The third-order valence-corrected chi connectivity index (χ3v) is 6.77. The standard InChI is InChI=1S/C21H22F4N2O4S/c22-16-7-5-6-15(12-16)20(28)26-18-13-17(8-9-19(18)31-14-21(23,24)25)32(29,30)27-10-3-1-2-4-11-27/h5-9,12-13H,1-4,10-11,14H2,(H,26,28). The van der Waals surface area contributed by atoms with Gasteiger partial charge in [-0.2, -0.15) is 17.5 Å². The van der Waals surface area contributed by atoms with Crippen molar-refractivity contribution in [2.24, 2.45) is 0 Å². The number of sulfonamides is 1. The smallest absolute Gasteiger partial charge is 0.422 e. The third-order valence-electron chi connectivity index (χ3n) is 4.88. The van der Waals surface area contributed by atoms with Crippen molar-refractivity contribution in [1.29, 1.82) is 0 Å². The summed E-state index contributed by atoms with van der Waals surface area (Å²) < 4.78 is 83.6. The Morgan fingerprint density at radius 3 is 2.34 bits per heavy atom. The Kier molecular flexibility index (Phi) is 7.40. The Bertz CT molecular complexity index is 1070. The molecule has 1 aliphatic rings. The van der Waals surface area contributed by atoms with E-state index in [0.29, 0.717) is 25.9 Å². The van der Waals surface area contributed by atoms with Crippen LogP contribution in [0.25, 0.3) is 0 Å². The van der Waals surface area contributed by atoms with E-state index in [1.165, 1.54) is 16.4 Å². The minimum absolute atomic E-state index is 0.0902. The second-order valence-corrected chi connectivity index (χ2v) is 9.28. The number of hydrogen-bond donors (Lipinski definition) is 1. The molecule has 3 rings (SSSR count). The van der Waals surface area contributed by atoms with Gasteiger partial charge in [-0.1, -0.05) is 18.9 Å². The van der Waals surface area contributed by atoms with Crippen molar-refractivity contribution >= 4 is 21.6 Å². The van der Waals surface area contributed by atoms with Crippen LogP contribution in [0.1, 0.15) is 36.0 Å². The lowest BCUT2D eigenvalue weighted by molar-refractivity contribution is -0.153. The lowest BCUT2D eigenvalue weighted by Gasteiger charge is -2.21. The summed E-state index contributed by atoms with van der Waals surface area (Å²) in [6, 6.07) is 7.95. The van der Waals surface area contributed by atoms with E-state index in [2.05, 4.69) is 5.32 Å². The number of benzene rings is 2. The molecule has 2 aromatic rings. The molecule has 0 aliphatic carbocycles. The first kappa shape index (κ1) is 24.0. The van der Waals surface area contributed by atoms with Crippen LogP contribution in [0.3, 0.4) is 0 Å². The van der Waals surface area contributed by atoms with E-state index in [-0.39, 0.29) is 21.9 Å². The van der Waals surface area contributed by atoms with E-state index < -0.39 is 34.5 Å². The molecule has 0 unspecified atom stereocenters. The molecule has 6 nitrogen and oxygen atoms in total. The van der Waals surface area contributed by atoms with E-state index in [9.17, 15) is 30.8 Å². The summed E-state index contributed by atoms with van der Waals surface area (Å²) in [6.45, 7) is -0.965. The van der Waals surface area contributed by atoms with Crippen molar-refractivity contribution < 1.29 is 35.5 Å². The average molecular weight is 474 g/mol. The van der Waals surface area contributed by atoms with Crippen LogP contribution in [0.2, 0.25) is 0 Å². The maximum absolute atomic E-state index is 13.4. The largest absolute Gasteiger partial charge is 0.482 e. The van der Waals surface area contributed by atoms with Gasteiger partial charge in [-0.05, 0) is 49.2 Å². The van der Waals surface area contributed by atoms with Crippen LogP contribution in [-0.4, -0.2) is 44.5 Å². The van der Waals surface area contributed by atoms with Crippen molar-refractivity contribution in [3.63, 3.8) is 0 Å². The minimum Gasteiger partial charge on any atom is -0.482 e. The van der Waals surface area contributed by atoms with Crippen LogP contribution in [0, 0.1) is 5.82 Å². The van der Waals surface area contributed by atoms with E-state index in [1.54, 1.807) is 0 Å². The third kappa shape index (κ3) is 6.19. The minimum atomic E-state index is -4.64. The highest BCUT2D eigenvalue weighted by Gasteiger charge is 2.30. The predicted octanol–water partition coefficient (Wildman–Crippen LogP) is 4.58. The van der Waals surface area contributed by atoms with E-state index in [0.717, 1.165) is 43.2 Å². The fraction of sp³-hybridized carbons (Fsp3) is 0.381. The lowest BCUT2D eigenvalue weighted by atomic mass is 10.2. The molecule has 0 bridgehead atoms. The summed E-state index contributed by atoms with van der Waals surface area (Å²) in [5.41, 5.74) is -0.355. The molecule has 174 valence electrons. The first-order valence-corrected chi connectivity index (χ1v) is 11.4. The molecule has 1 aliphatic heterocycles. The quantitative estimate of drug-likeness (QED) is 0.622. The molecule has 1 saturated heterocycles. The Morgan fingerprint density at radius 1 is 1.03 bits per heavy atom. The molecule has 1 amide bonds. The summed E-state index contributed by atoms with van der Waals surface area (Å²) in [6.07, 6.45) is -1.42. The van der Waals surface area contributed by atoms with Gasteiger partial charge < -0.3 is 10.1 Å². The van der Waals surface area contributed by atoms with Crippen molar-refractivity contribution in [2.75, 3.05) is 25.0 Å². The first-order valence-electron chi connectivity index (χ1n) is 9.97. The number of rotatable bonds is 6. The summed E-state index contributed by atoms with van der Waals surface area (Å²) >= 11 is 0. The molecule has 0 radical (unpaired) electrons. The van der Waals surface area contributed by atoms with Crippen LogP contribution in [0.4, 0.5) is 23.2 Å². The normalized spacial score (nSPS) is 15.8. The molecule has 11 heteroatoms. The number of ether oxygens (including phenoxy) is 1. The van der Waals surface area contributed by atoms with Gasteiger partial charge in [0.1, 0.15) is 11.6 Å². The topological polar surface area (TPSA) is 75.7 Å². The molecule has 1 fully saturated rings. The van der Waals surface area contributed by atoms with Gasteiger partial charge in [-0.3, -0.25) is 4.79 Å². The molecule has 0 atom stereocenters. The van der Waals surface area contributed by atoms with E-state index >= 15 is 0 Å². The number of hydrogen-bond acceptors (Lipinski definition) is 4. The number of carbonyl (C=O) groups excluding carboxylic acids is 1. The highest BCUT2D eigenvalue weighted by Crippen LogP contribution is 2.32. The van der Waals surface area contributed by atoms with Gasteiger partial charge in [0.15, 0.2) is 6.61 Å². The second kappa shape index (κ2) is 9.86. The van der Waals surface area contributed by atoms with Crippen LogP contribution < -0.4 is 10.1 Å². The van der Waals surface area contributed by atoms with E-state index in [1.807, 2.05) is 0 Å². The highest BCUT2D eigenvalue weighted by molar-refractivity contribution is 7.89. The van der Waals surface area contributed by atoms with Gasteiger partial charge in [0.25, 0.3) is 5.91 Å². The van der Waals surface area contributed by atoms with Crippen molar-refractivity contribution in [1.82, 2.24) is 4.31 Å². The number of anilines is 1. The molecule has 0 saturated carbocycles. The Balaban J connectivity index is 1.94. The number of nitrogens with zero attached hydrogens (tertiary/aromatic N) is 1. The van der Waals surface area contributed by atoms with Crippen LogP contribution in [0.15, 0.2) is 47.4 Å². The SMILES string of the molecule is O=C(Nc1cc(S(=O)(=O)N2CCCCCC2)ccc1OCC(F)(F)F)c1cccc(F)c1. The zero-order chi connectivity index (χ0) is 23.4. The Hall–Kier alpha value is -2.66.